The van der Waals surface area contributed by atoms with Crippen LogP contribution in [0.4, 0.5) is 4.79 Å². The molecule has 0 amide bonds. The monoisotopic (exact) mass is 454 g/mol. The third kappa shape index (κ3) is 3.58. The minimum absolute atomic E-state index is 0.0306. The summed E-state index contributed by atoms with van der Waals surface area (Å²) in [6.45, 7) is 8.36. The van der Waals surface area contributed by atoms with Crippen LogP contribution in [0.2, 0.25) is 0 Å². The number of benzene rings is 2. The molecule has 2 aromatic carbocycles. The molecular formula is C25H30N2O6. The highest BCUT2D eigenvalue weighted by Gasteiger charge is 2.56. The van der Waals surface area contributed by atoms with E-state index in [4.69, 9.17) is 24.0 Å². The summed E-state index contributed by atoms with van der Waals surface area (Å²) in [5.41, 5.74) is 7.02. The van der Waals surface area contributed by atoms with Crippen molar-refractivity contribution >= 4 is 6.16 Å². The van der Waals surface area contributed by atoms with Gasteiger partial charge in [-0.25, -0.2) is 14.5 Å². The van der Waals surface area contributed by atoms with E-state index in [-0.39, 0.29) is 16.2 Å². The van der Waals surface area contributed by atoms with Gasteiger partial charge in [0, 0.05) is 19.5 Å². The standard InChI is InChI=1S/C25H30N2O6/c1-23(2)13-25(19-11-15(7-9-17(19)23)29-21(28)31-26-5)14-24(3,4)18-10-8-16(12-20(18)25)30-22-32-27(6)33-22/h7-12,22,26H,13-14H2,1-6H3. The molecule has 1 N–H and O–H groups in total. The SMILES string of the molecule is CNOC(=O)Oc1ccc2c(c1)C1(CC2(C)C)CC(C)(C)c2ccc(OC3ON(C)O3)cc21. The fourth-order valence-corrected chi connectivity index (χ4v) is 6.05. The number of hydroxylamine groups is 3. The molecule has 1 heterocycles. The Kier molecular flexibility index (Phi) is 4.99. The highest BCUT2D eigenvalue weighted by molar-refractivity contribution is 5.66. The van der Waals surface area contributed by atoms with Gasteiger partial charge < -0.3 is 14.3 Å². The fraction of sp³-hybridized carbons (Fsp3) is 0.480. The third-order valence-electron chi connectivity index (χ3n) is 7.05. The number of nitrogens with one attached hydrogen (secondary N) is 1. The van der Waals surface area contributed by atoms with Crippen molar-refractivity contribution in [1.82, 2.24) is 10.7 Å². The Labute approximate surface area is 193 Å². The van der Waals surface area contributed by atoms with Crippen LogP contribution < -0.4 is 15.0 Å². The Bertz CT molecular complexity index is 1100. The Morgan fingerprint density at radius 3 is 2.03 bits per heavy atom. The van der Waals surface area contributed by atoms with Crippen LogP contribution in [0.3, 0.4) is 0 Å². The van der Waals surface area contributed by atoms with Crippen molar-refractivity contribution in [2.45, 2.75) is 63.3 Å². The molecule has 1 fully saturated rings. The van der Waals surface area contributed by atoms with Gasteiger partial charge in [0.05, 0.1) is 0 Å². The Morgan fingerprint density at radius 2 is 1.48 bits per heavy atom. The zero-order chi connectivity index (χ0) is 23.6. The first kappa shape index (κ1) is 22.2. The van der Waals surface area contributed by atoms with Gasteiger partial charge in [-0.2, -0.15) is 5.48 Å². The maximum Gasteiger partial charge on any atom is 0.533 e. The molecule has 1 aliphatic heterocycles. The number of carbonyl (C=O) groups excluding carboxylic acids is 1. The van der Waals surface area contributed by atoms with E-state index in [1.54, 1.807) is 7.05 Å². The van der Waals surface area contributed by atoms with E-state index in [1.165, 1.54) is 34.5 Å². The molecular weight excluding hydrogens is 424 g/mol. The van der Waals surface area contributed by atoms with Gasteiger partial charge in [0.1, 0.15) is 11.5 Å². The van der Waals surface area contributed by atoms with Crippen molar-refractivity contribution in [3.63, 3.8) is 0 Å². The average molecular weight is 455 g/mol. The van der Waals surface area contributed by atoms with Gasteiger partial charge in [-0.3, -0.25) is 0 Å². The van der Waals surface area contributed by atoms with Crippen molar-refractivity contribution < 1.29 is 28.8 Å². The summed E-state index contributed by atoms with van der Waals surface area (Å²) in [5.74, 6) is 1.16. The molecule has 5 rings (SSSR count). The Morgan fingerprint density at radius 1 is 0.939 bits per heavy atom. The molecule has 8 nitrogen and oxygen atoms in total. The van der Waals surface area contributed by atoms with E-state index in [1.807, 2.05) is 18.2 Å². The van der Waals surface area contributed by atoms with Crippen LogP contribution in [0, 0.1) is 0 Å². The van der Waals surface area contributed by atoms with E-state index in [0.29, 0.717) is 11.5 Å². The summed E-state index contributed by atoms with van der Waals surface area (Å²) in [5, 5.41) is 1.26. The van der Waals surface area contributed by atoms with E-state index < -0.39 is 12.6 Å². The number of rotatable bonds is 4. The largest absolute Gasteiger partial charge is 0.533 e. The molecule has 1 unspecified atom stereocenters. The van der Waals surface area contributed by atoms with Crippen molar-refractivity contribution in [3.8, 4) is 11.5 Å². The zero-order valence-electron chi connectivity index (χ0n) is 19.9. The molecule has 33 heavy (non-hydrogen) atoms. The molecule has 0 bridgehead atoms. The van der Waals surface area contributed by atoms with Crippen LogP contribution in [0.5, 0.6) is 11.5 Å². The lowest BCUT2D eigenvalue weighted by molar-refractivity contribution is -0.596. The number of nitrogens with zero attached hydrogens (tertiary/aromatic N) is 1. The van der Waals surface area contributed by atoms with Gasteiger partial charge in [0.2, 0.25) is 0 Å². The van der Waals surface area contributed by atoms with Crippen molar-refractivity contribution in [1.29, 1.82) is 0 Å². The van der Waals surface area contributed by atoms with Gasteiger partial charge in [-0.15, -0.1) is 0 Å². The second-order valence-corrected chi connectivity index (χ2v) is 10.3. The number of fused-ring (bicyclic) bond motifs is 4. The minimum atomic E-state index is -0.794. The van der Waals surface area contributed by atoms with Gasteiger partial charge in [-0.1, -0.05) is 45.1 Å². The molecule has 1 spiro atoms. The first-order valence-corrected chi connectivity index (χ1v) is 11.1. The number of ether oxygens (including phenoxy) is 2. The van der Waals surface area contributed by atoms with Crippen molar-refractivity contribution in [2.75, 3.05) is 14.1 Å². The van der Waals surface area contributed by atoms with Crippen LogP contribution in [0.1, 0.15) is 62.8 Å². The van der Waals surface area contributed by atoms with Gasteiger partial charge >= 0.3 is 12.6 Å². The van der Waals surface area contributed by atoms with Crippen LogP contribution in [0.15, 0.2) is 36.4 Å². The third-order valence-corrected chi connectivity index (χ3v) is 7.05. The average Bonchev–Trinajstić information content (AvgIpc) is 3.06. The molecule has 0 aromatic heterocycles. The molecule has 1 saturated heterocycles. The maximum atomic E-state index is 11.9. The van der Waals surface area contributed by atoms with E-state index >= 15 is 0 Å². The lowest BCUT2D eigenvalue weighted by Gasteiger charge is -2.33. The highest BCUT2D eigenvalue weighted by Crippen LogP contribution is 2.63. The predicted molar refractivity (Wildman–Crippen MR) is 119 cm³/mol. The first-order valence-electron chi connectivity index (χ1n) is 11.1. The molecule has 0 radical (unpaired) electrons. The summed E-state index contributed by atoms with van der Waals surface area (Å²) in [6, 6.07) is 12.1. The van der Waals surface area contributed by atoms with Gasteiger partial charge in [0.15, 0.2) is 0 Å². The Hall–Kier alpha value is -2.65. The van der Waals surface area contributed by atoms with Gasteiger partial charge in [0.25, 0.3) is 0 Å². The minimum Gasteiger partial charge on any atom is -0.439 e. The summed E-state index contributed by atoms with van der Waals surface area (Å²) < 4.78 is 11.3. The molecule has 8 heteroatoms. The second kappa shape index (κ2) is 7.43. The van der Waals surface area contributed by atoms with E-state index in [0.717, 1.165) is 12.8 Å². The molecule has 176 valence electrons. The molecule has 2 aromatic rings. The summed E-state index contributed by atoms with van der Waals surface area (Å²) in [4.78, 5) is 27.3. The summed E-state index contributed by atoms with van der Waals surface area (Å²) >= 11 is 0. The smallest absolute Gasteiger partial charge is 0.439 e. The lowest BCUT2D eigenvalue weighted by atomic mass is 9.72. The summed E-state index contributed by atoms with van der Waals surface area (Å²) in [6.07, 6.45) is 1.09. The van der Waals surface area contributed by atoms with Crippen molar-refractivity contribution in [3.05, 3.63) is 58.7 Å². The number of hydrogen-bond donors (Lipinski definition) is 1. The van der Waals surface area contributed by atoms with Crippen LogP contribution in [0.25, 0.3) is 0 Å². The van der Waals surface area contributed by atoms with Crippen molar-refractivity contribution in [2.24, 2.45) is 0 Å². The van der Waals surface area contributed by atoms with E-state index in [2.05, 4.69) is 51.4 Å². The maximum absolute atomic E-state index is 11.9. The normalized spacial score (nSPS) is 24.8. The highest BCUT2D eigenvalue weighted by atomic mass is 17.2. The molecule has 1 atom stereocenters. The molecule has 2 aliphatic carbocycles. The van der Waals surface area contributed by atoms with Crippen LogP contribution in [-0.2, 0) is 30.8 Å². The second-order valence-electron chi connectivity index (χ2n) is 10.3. The topological polar surface area (TPSA) is 78.5 Å². The molecule has 3 aliphatic rings. The number of hydrogen-bond acceptors (Lipinski definition) is 8. The number of carbonyl (C=O) groups is 1. The quantitative estimate of drug-likeness (QED) is 0.412. The first-order chi connectivity index (χ1) is 15.5. The van der Waals surface area contributed by atoms with Crippen LogP contribution >= 0.6 is 0 Å². The van der Waals surface area contributed by atoms with Gasteiger partial charge in [-0.05, 0) is 70.2 Å². The van der Waals surface area contributed by atoms with Crippen LogP contribution in [-0.4, -0.2) is 32.0 Å². The van der Waals surface area contributed by atoms with E-state index in [9.17, 15) is 4.79 Å². The summed E-state index contributed by atoms with van der Waals surface area (Å²) in [7, 11) is 3.18. The Balaban J connectivity index is 1.59. The predicted octanol–water partition coefficient (Wildman–Crippen LogP) is 4.46. The zero-order valence-corrected chi connectivity index (χ0v) is 19.9. The lowest BCUT2D eigenvalue weighted by Crippen LogP contribution is -2.46. The molecule has 0 saturated carbocycles. The fourth-order valence-electron chi connectivity index (χ4n) is 6.05.